The molecule has 0 aliphatic carbocycles. The van der Waals surface area contributed by atoms with Gasteiger partial charge in [-0.3, -0.25) is 0 Å². The number of aryl methyl sites for hydroxylation is 1. The summed E-state index contributed by atoms with van der Waals surface area (Å²) >= 11 is 0. The van der Waals surface area contributed by atoms with Gasteiger partial charge in [0.1, 0.15) is 22.9 Å². The summed E-state index contributed by atoms with van der Waals surface area (Å²) in [6.45, 7) is 1.87. The molecule has 0 spiro atoms. The minimum absolute atomic E-state index is 0.0251. The highest BCUT2D eigenvalue weighted by Gasteiger charge is 2.11. The summed E-state index contributed by atoms with van der Waals surface area (Å²) < 4.78 is 4.88. The molecule has 0 unspecified atom stereocenters. The van der Waals surface area contributed by atoms with Gasteiger partial charge in [0.25, 0.3) is 0 Å². The van der Waals surface area contributed by atoms with Gasteiger partial charge in [0, 0.05) is 5.39 Å². The molecule has 0 aliphatic rings. The molecular formula is C19H17N3O3. The van der Waals surface area contributed by atoms with Crippen molar-refractivity contribution in [2.75, 3.05) is 7.11 Å². The van der Waals surface area contributed by atoms with Gasteiger partial charge in [0.2, 0.25) is 0 Å². The van der Waals surface area contributed by atoms with Crippen molar-refractivity contribution in [3.63, 3.8) is 0 Å². The molecule has 0 aliphatic heterocycles. The predicted octanol–water partition coefficient (Wildman–Crippen LogP) is 5.28. The number of benzene rings is 3. The summed E-state index contributed by atoms with van der Waals surface area (Å²) in [7, 11) is 1.51. The summed E-state index contributed by atoms with van der Waals surface area (Å²) in [5, 5.41) is 30.0. The van der Waals surface area contributed by atoms with Gasteiger partial charge in [-0.15, -0.1) is 10.2 Å². The molecule has 0 fully saturated rings. The Morgan fingerprint density at radius 3 is 2.52 bits per heavy atom. The second-order valence-corrected chi connectivity index (χ2v) is 5.47. The highest BCUT2D eigenvalue weighted by Crippen LogP contribution is 2.41. The van der Waals surface area contributed by atoms with Crippen molar-refractivity contribution >= 4 is 34.2 Å². The van der Waals surface area contributed by atoms with E-state index in [1.54, 1.807) is 30.3 Å². The van der Waals surface area contributed by atoms with Crippen LogP contribution in [0.3, 0.4) is 0 Å². The van der Waals surface area contributed by atoms with E-state index in [-0.39, 0.29) is 17.2 Å². The van der Waals surface area contributed by atoms with Crippen LogP contribution in [0.25, 0.3) is 10.8 Å². The fraction of sp³-hybridized carbons (Fsp3) is 0.105. The number of methoxy groups -OCH3 is 1. The second-order valence-electron chi connectivity index (χ2n) is 5.47. The van der Waals surface area contributed by atoms with Crippen LogP contribution < -0.4 is 0 Å². The first-order chi connectivity index (χ1) is 12.1. The van der Waals surface area contributed by atoms with E-state index in [9.17, 15) is 10.2 Å². The number of phenolic OH excluding ortho intramolecular Hbond substituents is 2. The first-order valence-electron chi connectivity index (χ1n) is 7.61. The van der Waals surface area contributed by atoms with Gasteiger partial charge in [-0.1, -0.05) is 24.3 Å². The molecule has 6 heteroatoms. The highest BCUT2D eigenvalue weighted by atomic mass is 16.5. The number of aliphatic imine (C=N–C) groups is 1. The number of ether oxygens (including phenoxy) is 1. The SMILES string of the molecule is COC=Nc1cccc2ccc(O)c(N=Nc3ccc(C)cc3O)c12. The maximum Gasteiger partial charge on any atom is 0.174 e. The summed E-state index contributed by atoms with van der Waals surface area (Å²) in [5.74, 6) is 0.00372. The Labute approximate surface area is 144 Å². The summed E-state index contributed by atoms with van der Waals surface area (Å²) in [5.41, 5.74) is 2.11. The standard InChI is InChI=1S/C19H17N3O3/c1-12-6-8-14(17(24)10-12)21-22-19-16(23)9-7-13-4-3-5-15(18(13)19)20-11-25-2/h3-11,23-24H,1-2H3. The van der Waals surface area contributed by atoms with Crippen LogP contribution >= 0.6 is 0 Å². The van der Waals surface area contributed by atoms with Crippen LogP contribution in [0.5, 0.6) is 11.5 Å². The van der Waals surface area contributed by atoms with Gasteiger partial charge in [-0.05, 0) is 42.1 Å². The van der Waals surface area contributed by atoms with Crippen molar-refractivity contribution in [2.45, 2.75) is 6.92 Å². The van der Waals surface area contributed by atoms with E-state index in [0.717, 1.165) is 10.9 Å². The van der Waals surface area contributed by atoms with Crippen LogP contribution in [0, 0.1) is 6.92 Å². The molecule has 6 nitrogen and oxygen atoms in total. The molecule has 0 saturated carbocycles. The van der Waals surface area contributed by atoms with E-state index < -0.39 is 0 Å². The van der Waals surface area contributed by atoms with Gasteiger partial charge >= 0.3 is 0 Å². The second kappa shape index (κ2) is 7.00. The molecule has 0 aromatic heterocycles. The number of hydrogen-bond acceptors (Lipinski definition) is 6. The highest BCUT2D eigenvalue weighted by molar-refractivity contribution is 6.03. The Balaban J connectivity index is 2.16. The zero-order valence-corrected chi connectivity index (χ0v) is 13.8. The lowest BCUT2D eigenvalue weighted by Crippen LogP contribution is -1.80. The molecule has 2 N–H and O–H groups in total. The zero-order chi connectivity index (χ0) is 17.8. The average molecular weight is 335 g/mol. The first kappa shape index (κ1) is 16.4. The van der Waals surface area contributed by atoms with Crippen LogP contribution in [0.4, 0.5) is 17.1 Å². The Morgan fingerprint density at radius 1 is 0.920 bits per heavy atom. The predicted molar refractivity (Wildman–Crippen MR) is 97.8 cm³/mol. The topological polar surface area (TPSA) is 86.8 Å². The fourth-order valence-electron chi connectivity index (χ4n) is 2.47. The Bertz CT molecular complexity index is 981. The third-order valence-electron chi connectivity index (χ3n) is 3.66. The number of fused-ring (bicyclic) bond motifs is 1. The molecule has 0 atom stereocenters. The molecular weight excluding hydrogens is 318 g/mol. The van der Waals surface area contributed by atoms with Crippen LogP contribution in [0.15, 0.2) is 63.8 Å². The van der Waals surface area contributed by atoms with Gasteiger partial charge < -0.3 is 14.9 Å². The number of nitrogens with zero attached hydrogens (tertiary/aromatic N) is 3. The molecule has 3 aromatic carbocycles. The largest absolute Gasteiger partial charge is 0.506 e. The Hall–Kier alpha value is -3.41. The lowest BCUT2D eigenvalue weighted by Gasteiger charge is -2.07. The van der Waals surface area contributed by atoms with Gasteiger partial charge in [-0.2, -0.15) is 0 Å². The Morgan fingerprint density at radius 2 is 1.76 bits per heavy atom. The smallest absolute Gasteiger partial charge is 0.174 e. The number of azo groups is 1. The molecule has 126 valence electrons. The molecule has 0 heterocycles. The Kier molecular flexibility index (Phi) is 4.61. The normalized spacial score (nSPS) is 11.6. The number of phenols is 2. The van der Waals surface area contributed by atoms with Gasteiger partial charge in [0.15, 0.2) is 6.40 Å². The van der Waals surface area contributed by atoms with E-state index in [1.165, 1.54) is 13.5 Å². The molecule has 0 radical (unpaired) electrons. The van der Waals surface area contributed by atoms with Crippen molar-refractivity contribution in [3.8, 4) is 11.5 Å². The van der Waals surface area contributed by atoms with E-state index in [0.29, 0.717) is 16.8 Å². The lowest BCUT2D eigenvalue weighted by atomic mass is 10.1. The van der Waals surface area contributed by atoms with Crippen molar-refractivity contribution in [2.24, 2.45) is 15.2 Å². The van der Waals surface area contributed by atoms with E-state index in [1.807, 2.05) is 25.1 Å². The molecule has 0 bridgehead atoms. The van der Waals surface area contributed by atoms with Crippen molar-refractivity contribution in [1.29, 1.82) is 0 Å². The van der Waals surface area contributed by atoms with Crippen LogP contribution in [0.1, 0.15) is 5.56 Å². The summed E-state index contributed by atoms with van der Waals surface area (Å²) in [6, 6.07) is 14.0. The fourth-order valence-corrected chi connectivity index (χ4v) is 2.47. The molecule has 25 heavy (non-hydrogen) atoms. The van der Waals surface area contributed by atoms with Crippen LogP contribution in [0.2, 0.25) is 0 Å². The number of aromatic hydroxyl groups is 2. The minimum atomic E-state index is -0.0251. The molecule has 0 saturated heterocycles. The van der Waals surface area contributed by atoms with E-state index in [2.05, 4.69) is 15.2 Å². The first-order valence-corrected chi connectivity index (χ1v) is 7.61. The minimum Gasteiger partial charge on any atom is -0.506 e. The lowest BCUT2D eigenvalue weighted by molar-refractivity contribution is 0.423. The van der Waals surface area contributed by atoms with Crippen molar-refractivity contribution in [1.82, 2.24) is 0 Å². The maximum atomic E-state index is 10.3. The average Bonchev–Trinajstić information content (AvgIpc) is 2.60. The number of rotatable bonds is 4. The van der Waals surface area contributed by atoms with Crippen LogP contribution in [-0.4, -0.2) is 23.7 Å². The van der Waals surface area contributed by atoms with Crippen LogP contribution in [-0.2, 0) is 4.74 Å². The van der Waals surface area contributed by atoms with E-state index in [4.69, 9.17) is 4.74 Å². The van der Waals surface area contributed by atoms with Gasteiger partial charge in [-0.25, -0.2) is 4.99 Å². The zero-order valence-electron chi connectivity index (χ0n) is 13.8. The quantitative estimate of drug-likeness (QED) is 0.386. The van der Waals surface area contributed by atoms with Gasteiger partial charge in [0.05, 0.1) is 12.8 Å². The molecule has 3 aromatic rings. The van der Waals surface area contributed by atoms with Crippen molar-refractivity contribution < 1.29 is 14.9 Å². The molecule has 3 rings (SSSR count). The number of hydrogen-bond donors (Lipinski definition) is 2. The monoisotopic (exact) mass is 335 g/mol. The third-order valence-corrected chi connectivity index (χ3v) is 3.66. The van der Waals surface area contributed by atoms with E-state index >= 15 is 0 Å². The summed E-state index contributed by atoms with van der Waals surface area (Å²) in [6.07, 6.45) is 1.31. The summed E-state index contributed by atoms with van der Waals surface area (Å²) in [4.78, 5) is 4.23. The third kappa shape index (κ3) is 3.42. The van der Waals surface area contributed by atoms with Crippen molar-refractivity contribution in [3.05, 3.63) is 54.1 Å². The molecule has 0 amide bonds. The maximum absolute atomic E-state index is 10.3.